The predicted molar refractivity (Wildman–Crippen MR) is 67.6 cm³/mol. The number of carbonyl (C=O) groups is 1. The maximum absolute atomic E-state index is 11.1. The second-order valence-electron chi connectivity index (χ2n) is 3.48. The van der Waals surface area contributed by atoms with Gasteiger partial charge in [0.2, 0.25) is 5.91 Å². The highest BCUT2D eigenvalue weighted by molar-refractivity contribution is 7.98. The Kier molecular flexibility index (Phi) is 3.39. The maximum Gasteiger partial charge on any atom is 0.248 e. The van der Waals surface area contributed by atoms with Crippen molar-refractivity contribution in [1.29, 1.82) is 0 Å². The van der Waals surface area contributed by atoms with Crippen LogP contribution in [0, 0.1) is 0 Å². The lowest BCUT2D eigenvalue weighted by atomic mass is 10.2. The van der Waals surface area contributed by atoms with Gasteiger partial charge in [-0.2, -0.15) is 0 Å². The van der Waals surface area contributed by atoms with Gasteiger partial charge in [-0.15, -0.1) is 11.8 Å². The third-order valence-electron chi connectivity index (χ3n) is 2.25. The fraction of sp³-hybridized carbons (Fsp3) is 0.0833. The molecule has 1 heterocycles. The summed E-state index contributed by atoms with van der Waals surface area (Å²) in [7, 11) is 0. The van der Waals surface area contributed by atoms with E-state index in [9.17, 15) is 4.79 Å². The second-order valence-corrected chi connectivity index (χ2v) is 4.50. The van der Waals surface area contributed by atoms with Gasteiger partial charge in [0, 0.05) is 16.1 Å². The van der Waals surface area contributed by atoms with E-state index >= 15 is 0 Å². The average molecular weight is 248 g/mol. The molecule has 4 N–H and O–H groups in total. The number of hydrogen-bond acceptors (Lipinski definition) is 4. The molecule has 0 saturated carbocycles. The maximum atomic E-state index is 11.1. The zero-order chi connectivity index (χ0) is 12.3. The van der Waals surface area contributed by atoms with E-state index in [4.69, 9.17) is 15.9 Å². The van der Waals surface area contributed by atoms with Crippen LogP contribution < -0.4 is 11.5 Å². The van der Waals surface area contributed by atoms with Crippen molar-refractivity contribution >= 4 is 23.4 Å². The Labute approximate surface area is 103 Å². The van der Waals surface area contributed by atoms with Crippen molar-refractivity contribution in [2.45, 2.75) is 10.6 Å². The quantitative estimate of drug-likeness (QED) is 0.642. The molecule has 0 bridgehead atoms. The number of amides is 1. The molecule has 5 heteroatoms. The highest BCUT2D eigenvalue weighted by atomic mass is 32.2. The van der Waals surface area contributed by atoms with Crippen molar-refractivity contribution < 1.29 is 9.21 Å². The number of hydrogen-bond donors (Lipinski definition) is 2. The number of primary amides is 1. The van der Waals surface area contributed by atoms with Gasteiger partial charge in [0.1, 0.15) is 5.76 Å². The third-order valence-corrected chi connectivity index (χ3v) is 3.34. The minimum atomic E-state index is -0.454. The molecular weight excluding hydrogens is 236 g/mol. The molecule has 0 aliphatic carbocycles. The van der Waals surface area contributed by atoms with Gasteiger partial charge in [-0.3, -0.25) is 4.79 Å². The normalized spacial score (nSPS) is 10.4. The van der Waals surface area contributed by atoms with E-state index in [0.29, 0.717) is 17.0 Å². The third kappa shape index (κ3) is 2.82. The molecule has 88 valence electrons. The molecule has 4 nitrogen and oxygen atoms in total. The Morgan fingerprint density at radius 1 is 1.35 bits per heavy atom. The zero-order valence-electron chi connectivity index (χ0n) is 9.05. The monoisotopic (exact) mass is 248 g/mol. The first kappa shape index (κ1) is 11.6. The van der Waals surface area contributed by atoms with Gasteiger partial charge >= 0.3 is 0 Å². The Hall–Kier alpha value is -1.88. The summed E-state index contributed by atoms with van der Waals surface area (Å²) in [5, 5.41) is 0. The Balaban J connectivity index is 2.14. The van der Waals surface area contributed by atoms with Crippen LogP contribution in [0.15, 0.2) is 45.9 Å². The van der Waals surface area contributed by atoms with E-state index in [0.717, 1.165) is 10.7 Å². The van der Waals surface area contributed by atoms with Gasteiger partial charge in [-0.1, -0.05) is 0 Å². The fourth-order valence-corrected chi connectivity index (χ4v) is 2.26. The number of nitrogen functional groups attached to an aromatic ring is 1. The zero-order valence-corrected chi connectivity index (χ0v) is 9.87. The van der Waals surface area contributed by atoms with Crippen molar-refractivity contribution in [3.63, 3.8) is 0 Å². The lowest BCUT2D eigenvalue weighted by Gasteiger charge is -2.05. The Morgan fingerprint density at radius 3 is 2.82 bits per heavy atom. The Morgan fingerprint density at radius 2 is 2.18 bits per heavy atom. The molecule has 0 atom stereocenters. The molecule has 0 saturated heterocycles. The van der Waals surface area contributed by atoms with Gasteiger partial charge in [0.15, 0.2) is 0 Å². The summed E-state index contributed by atoms with van der Waals surface area (Å²) >= 11 is 1.51. The number of thioether (sulfide) groups is 1. The number of nitrogens with two attached hydrogens (primary N) is 2. The summed E-state index contributed by atoms with van der Waals surface area (Å²) in [4.78, 5) is 11.9. The molecule has 0 fully saturated rings. The van der Waals surface area contributed by atoms with Crippen molar-refractivity contribution in [1.82, 2.24) is 0 Å². The Bertz CT molecular complexity index is 523. The summed E-state index contributed by atoms with van der Waals surface area (Å²) in [5.41, 5.74) is 12.1. The van der Waals surface area contributed by atoms with E-state index in [1.807, 2.05) is 12.1 Å². The molecule has 1 aromatic heterocycles. The molecule has 0 aliphatic rings. The van der Waals surface area contributed by atoms with Gasteiger partial charge in [0.25, 0.3) is 0 Å². The smallest absolute Gasteiger partial charge is 0.248 e. The van der Waals surface area contributed by atoms with Crippen LogP contribution in [-0.4, -0.2) is 5.91 Å². The molecular formula is C12H12N2O2S. The van der Waals surface area contributed by atoms with E-state index in [1.165, 1.54) is 11.8 Å². The summed E-state index contributed by atoms with van der Waals surface area (Å²) < 4.78 is 5.22. The highest BCUT2D eigenvalue weighted by Crippen LogP contribution is 2.29. The molecule has 2 rings (SSSR count). The first-order chi connectivity index (χ1) is 8.16. The lowest BCUT2D eigenvalue weighted by Crippen LogP contribution is -2.11. The summed E-state index contributed by atoms with van der Waals surface area (Å²) in [6.45, 7) is 0. The number of rotatable bonds is 4. The van der Waals surface area contributed by atoms with Crippen LogP contribution in [0.2, 0.25) is 0 Å². The standard InChI is InChI=1S/C12H12N2O2S/c13-10-4-3-8(12(14)15)6-11(10)17-7-9-2-1-5-16-9/h1-6H,7,13H2,(H2,14,15). The van der Waals surface area contributed by atoms with Gasteiger partial charge in [-0.05, 0) is 30.3 Å². The number of anilines is 1. The van der Waals surface area contributed by atoms with Gasteiger partial charge < -0.3 is 15.9 Å². The van der Waals surface area contributed by atoms with Crippen LogP contribution in [0.5, 0.6) is 0 Å². The van der Waals surface area contributed by atoms with Crippen molar-refractivity contribution in [3.8, 4) is 0 Å². The number of benzene rings is 1. The summed E-state index contributed by atoms with van der Waals surface area (Å²) in [6.07, 6.45) is 1.62. The van der Waals surface area contributed by atoms with Crippen molar-refractivity contribution in [2.75, 3.05) is 5.73 Å². The van der Waals surface area contributed by atoms with Crippen LogP contribution in [0.1, 0.15) is 16.1 Å². The van der Waals surface area contributed by atoms with E-state index in [2.05, 4.69) is 0 Å². The molecule has 0 spiro atoms. The average Bonchev–Trinajstić information content (AvgIpc) is 2.80. The molecule has 17 heavy (non-hydrogen) atoms. The van der Waals surface area contributed by atoms with Crippen LogP contribution in [0.3, 0.4) is 0 Å². The number of furan rings is 1. The van der Waals surface area contributed by atoms with E-state index in [-0.39, 0.29) is 0 Å². The molecule has 0 radical (unpaired) electrons. The van der Waals surface area contributed by atoms with E-state index < -0.39 is 5.91 Å². The molecule has 0 unspecified atom stereocenters. The van der Waals surface area contributed by atoms with Crippen LogP contribution in [-0.2, 0) is 5.75 Å². The van der Waals surface area contributed by atoms with Crippen LogP contribution in [0.25, 0.3) is 0 Å². The number of carbonyl (C=O) groups excluding carboxylic acids is 1. The molecule has 0 aliphatic heterocycles. The van der Waals surface area contributed by atoms with Crippen LogP contribution in [0.4, 0.5) is 5.69 Å². The summed E-state index contributed by atoms with van der Waals surface area (Å²) in [6, 6.07) is 8.73. The van der Waals surface area contributed by atoms with Crippen molar-refractivity contribution in [3.05, 3.63) is 47.9 Å². The first-order valence-electron chi connectivity index (χ1n) is 5.01. The fourth-order valence-electron chi connectivity index (χ4n) is 1.36. The first-order valence-corrected chi connectivity index (χ1v) is 6.00. The largest absolute Gasteiger partial charge is 0.468 e. The van der Waals surface area contributed by atoms with Crippen LogP contribution >= 0.6 is 11.8 Å². The van der Waals surface area contributed by atoms with E-state index in [1.54, 1.807) is 24.5 Å². The van der Waals surface area contributed by atoms with Gasteiger partial charge in [-0.25, -0.2) is 0 Å². The summed E-state index contributed by atoms with van der Waals surface area (Å²) in [5.74, 6) is 1.07. The molecule has 1 aromatic carbocycles. The van der Waals surface area contributed by atoms with Gasteiger partial charge in [0.05, 0.1) is 12.0 Å². The molecule has 1 amide bonds. The molecule has 2 aromatic rings. The minimum absolute atomic E-state index is 0.454. The second kappa shape index (κ2) is 4.97. The highest BCUT2D eigenvalue weighted by Gasteiger charge is 2.06. The lowest BCUT2D eigenvalue weighted by molar-refractivity contribution is 0.1000. The predicted octanol–water partition coefficient (Wildman–Crippen LogP) is 2.25. The van der Waals surface area contributed by atoms with Crippen molar-refractivity contribution in [2.24, 2.45) is 5.73 Å². The SMILES string of the molecule is NC(=O)c1ccc(N)c(SCc2ccco2)c1. The topological polar surface area (TPSA) is 82.2 Å². The minimum Gasteiger partial charge on any atom is -0.468 e.